The maximum Gasteiger partial charge on any atom is 0.0328 e. The van der Waals surface area contributed by atoms with Crippen LogP contribution in [0, 0.1) is 0 Å². The molecule has 54 valence electrons. The lowest BCUT2D eigenvalue weighted by Gasteiger charge is -2.26. The molecule has 3 heteroatoms. The van der Waals surface area contributed by atoms with Gasteiger partial charge in [0, 0.05) is 18.8 Å². The molecule has 1 rings (SSSR count). The number of hydrogen-bond donors (Lipinski definition) is 1. The first-order chi connectivity index (χ1) is 4.30. The van der Waals surface area contributed by atoms with E-state index in [1.807, 2.05) is 23.8 Å². The van der Waals surface area contributed by atoms with E-state index in [4.69, 9.17) is 5.84 Å². The summed E-state index contributed by atoms with van der Waals surface area (Å²) in [4.78, 5) is 0. The summed E-state index contributed by atoms with van der Waals surface area (Å²) >= 11 is 2.01. The van der Waals surface area contributed by atoms with Crippen LogP contribution in [0.5, 0.6) is 0 Å². The fourth-order valence-electron chi connectivity index (χ4n) is 1.04. The highest BCUT2D eigenvalue weighted by Gasteiger charge is 2.14. The number of rotatable bonds is 1. The Balaban J connectivity index is 2.23. The van der Waals surface area contributed by atoms with Crippen molar-refractivity contribution in [3.63, 3.8) is 0 Å². The average molecular weight is 146 g/mol. The first kappa shape index (κ1) is 7.38. The number of thioether (sulfide) groups is 1. The van der Waals surface area contributed by atoms with E-state index in [1.54, 1.807) is 0 Å². The molecule has 0 aliphatic carbocycles. The Morgan fingerprint density at radius 3 is 2.78 bits per heavy atom. The summed E-state index contributed by atoms with van der Waals surface area (Å²) in [5.41, 5.74) is 0. The molecule has 0 saturated carbocycles. The van der Waals surface area contributed by atoms with Gasteiger partial charge < -0.3 is 0 Å². The van der Waals surface area contributed by atoms with Crippen molar-refractivity contribution in [1.82, 2.24) is 5.01 Å². The lowest BCUT2D eigenvalue weighted by Crippen LogP contribution is -2.40. The molecule has 0 radical (unpaired) electrons. The van der Waals surface area contributed by atoms with Crippen LogP contribution in [-0.4, -0.2) is 29.6 Å². The molecule has 0 aromatic rings. The topological polar surface area (TPSA) is 29.3 Å². The predicted octanol–water partition coefficient (Wildman–Crippen LogP) is 0.688. The second-order valence-corrected chi connectivity index (χ2v) is 3.69. The number of hydrogen-bond acceptors (Lipinski definition) is 3. The molecular formula is C6H14N2S. The molecule has 0 bridgehead atoms. The van der Waals surface area contributed by atoms with Crippen LogP contribution >= 0.6 is 11.8 Å². The van der Waals surface area contributed by atoms with Crippen LogP contribution in [0.4, 0.5) is 0 Å². The lowest BCUT2D eigenvalue weighted by atomic mass is 10.2. The number of nitrogens with zero attached hydrogens (tertiary/aromatic N) is 1. The Hall–Kier alpha value is 0.270. The highest BCUT2D eigenvalue weighted by Crippen LogP contribution is 2.18. The minimum absolute atomic E-state index is 0.628. The number of hydrazine groups is 1. The Morgan fingerprint density at radius 2 is 2.44 bits per heavy atom. The lowest BCUT2D eigenvalue weighted by molar-refractivity contribution is 0.253. The average Bonchev–Trinajstić information content (AvgIpc) is 1.90. The van der Waals surface area contributed by atoms with Crippen LogP contribution in [0.2, 0.25) is 0 Å². The van der Waals surface area contributed by atoms with Gasteiger partial charge in [0.15, 0.2) is 0 Å². The Bertz CT molecular complexity index is 79.1. The van der Waals surface area contributed by atoms with Gasteiger partial charge in [0.25, 0.3) is 0 Å². The Kier molecular flexibility index (Phi) is 2.82. The van der Waals surface area contributed by atoms with Gasteiger partial charge in [-0.3, -0.25) is 5.84 Å². The second kappa shape index (κ2) is 3.44. The molecule has 1 atom stereocenters. The zero-order valence-corrected chi connectivity index (χ0v) is 6.66. The van der Waals surface area contributed by atoms with Gasteiger partial charge >= 0.3 is 0 Å². The third-order valence-electron chi connectivity index (χ3n) is 1.71. The molecule has 1 saturated heterocycles. The van der Waals surface area contributed by atoms with Crippen LogP contribution in [0.3, 0.4) is 0 Å². The third kappa shape index (κ3) is 2.16. The van der Waals surface area contributed by atoms with E-state index in [0.29, 0.717) is 6.04 Å². The molecule has 0 aromatic carbocycles. The van der Waals surface area contributed by atoms with Crippen LogP contribution in [-0.2, 0) is 0 Å². The van der Waals surface area contributed by atoms with Crippen molar-refractivity contribution >= 4 is 11.8 Å². The summed E-state index contributed by atoms with van der Waals surface area (Å²) in [5, 5.41) is 1.84. The number of nitrogens with two attached hydrogens (primary N) is 1. The summed E-state index contributed by atoms with van der Waals surface area (Å²) in [6.07, 6.45) is 2.61. The maximum absolute atomic E-state index is 5.59. The zero-order valence-electron chi connectivity index (χ0n) is 5.84. The summed E-state index contributed by atoms with van der Waals surface area (Å²) in [5.74, 6) is 8.13. The molecule has 1 aliphatic heterocycles. The molecular weight excluding hydrogens is 132 g/mol. The minimum Gasteiger partial charge on any atom is -0.269 e. The van der Waals surface area contributed by atoms with Gasteiger partial charge in [0.05, 0.1) is 0 Å². The third-order valence-corrected chi connectivity index (χ3v) is 2.91. The minimum atomic E-state index is 0.628. The van der Waals surface area contributed by atoms with E-state index < -0.39 is 0 Å². The Labute approximate surface area is 60.8 Å². The Morgan fingerprint density at radius 1 is 1.67 bits per heavy atom. The van der Waals surface area contributed by atoms with Crippen molar-refractivity contribution in [2.45, 2.75) is 18.9 Å². The molecule has 1 unspecified atom stereocenters. The molecule has 1 heterocycles. The van der Waals surface area contributed by atoms with Gasteiger partial charge in [0.1, 0.15) is 0 Å². The van der Waals surface area contributed by atoms with Crippen molar-refractivity contribution < 1.29 is 0 Å². The normalized spacial score (nSPS) is 29.0. The van der Waals surface area contributed by atoms with E-state index in [0.717, 1.165) is 0 Å². The van der Waals surface area contributed by atoms with Gasteiger partial charge in [-0.25, -0.2) is 5.01 Å². The smallest absolute Gasteiger partial charge is 0.0328 e. The monoisotopic (exact) mass is 146 g/mol. The van der Waals surface area contributed by atoms with Crippen LogP contribution in [0.25, 0.3) is 0 Å². The molecule has 1 aliphatic rings. The van der Waals surface area contributed by atoms with Crippen LogP contribution < -0.4 is 5.84 Å². The van der Waals surface area contributed by atoms with Gasteiger partial charge in [-0.2, -0.15) is 11.8 Å². The van der Waals surface area contributed by atoms with Crippen LogP contribution in [0.1, 0.15) is 12.8 Å². The van der Waals surface area contributed by atoms with Crippen molar-refractivity contribution in [1.29, 1.82) is 0 Å². The van der Waals surface area contributed by atoms with Crippen molar-refractivity contribution in [3.8, 4) is 0 Å². The van der Waals surface area contributed by atoms with E-state index in [-0.39, 0.29) is 0 Å². The molecule has 9 heavy (non-hydrogen) atoms. The maximum atomic E-state index is 5.59. The van der Waals surface area contributed by atoms with Crippen molar-refractivity contribution in [2.24, 2.45) is 5.84 Å². The zero-order chi connectivity index (χ0) is 6.69. The van der Waals surface area contributed by atoms with Gasteiger partial charge in [-0.15, -0.1) is 0 Å². The summed E-state index contributed by atoms with van der Waals surface area (Å²) < 4.78 is 0. The van der Waals surface area contributed by atoms with Gasteiger partial charge in [-0.05, 0) is 18.6 Å². The summed E-state index contributed by atoms with van der Waals surface area (Å²) in [7, 11) is 1.95. The van der Waals surface area contributed by atoms with E-state index >= 15 is 0 Å². The fraction of sp³-hybridized carbons (Fsp3) is 1.00. The van der Waals surface area contributed by atoms with Crippen molar-refractivity contribution in [3.05, 3.63) is 0 Å². The fourth-order valence-corrected chi connectivity index (χ4v) is 2.26. The summed E-state index contributed by atoms with van der Waals surface area (Å²) in [6, 6.07) is 0.628. The highest BCUT2D eigenvalue weighted by molar-refractivity contribution is 7.99. The first-order valence-corrected chi connectivity index (χ1v) is 4.51. The van der Waals surface area contributed by atoms with E-state index in [9.17, 15) is 0 Å². The summed E-state index contributed by atoms with van der Waals surface area (Å²) in [6.45, 7) is 0. The molecule has 2 nitrogen and oxygen atoms in total. The predicted molar refractivity (Wildman–Crippen MR) is 42.3 cm³/mol. The molecule has 0 spiro atoms. The second-order valence-electron chi connectivity index (χ2n) is 2.54. The molecule has 0 aromatic heterocycles. The van der Waals surface area contributed by atoms with E-state index in [1.165, 1.54) is 24.3 Å². The molecule has 2 N–H and O–H groups in total. The van der Waals surface area contributed by atoms with E-state index in [2.05, 4.69) is 0 Å². The van der Waals surface area contributed by atoms with Gasteiger partial charge in [0.2, 0.25) is 0 Å². The standard InChI is InChI=1S/C6H14N2S/c1-8(7)6-3-2-4-9-5-6/h6H,2-5,7H2,1H3. The largest absolute Gasteiger partial charge is 0.269 e. The first-order valence-electron chi connectivity index (χ1n) is 3.36. The molecule has 1 fully saturated rings. The SMILES string of the molecule is CN(N)C1CCCSC1. The molecule has 0 amide bonds. The van der Waals surface area contributed by atoms with Crippen LogP contribution in [0.15, 0.2) is 0 Å². The van der Waals surface area contributed by atoms with Crippen molar-refractivity contribution in [2.75, 3.05) is 18.6 Å². The van der Waals surface area contributed by atoms with Gasteiger partial charge in [-0.1, -0.05) is 0 Å². The quantitative estimate of drug-likeness (QED) is 0.436. The highest BCUT2D eigenvalue weighted by atomic mass is 32.2.